The van der Waals surface area contributed by atoms with Crippen molar-refractivity contribution in [1.29, 1.82) is 0 Å². The van der Waals surface area contributed by atoms with Gasteiger partial charge in [-0.15, -0.1) is 0 Å². The average Bonchev–Trinajstić information content (AvgIpc) is 2.34. The topological polar surface area (TPSA) is 63.8 Å². The van der Waals surface area contributed by atoms with E-state index in [-0.39, 0.29) is 5.95 Å². The highest BCUT2D eigenvalue weighted by Crippen LogP contribution is 2.24. The Morgan fingerprint density at radius 1 is 1.22 bits per heavy atom. The summed E-state index contributed by atoms with van der Waals surface area (Å²) >= 11 is 5.98. The van der Waals surface area contributed by atoms with Crippen LogP contribution in [-0.2, 0) is 0 Å². The predicted octanol–water partition coefficient (Wildman–Crippen LogP) is 3.58. The molecule has 18 heavy (non-hydrogen) atoms. The van der Waals surface area contributed by atoms with E-state index in [9.17, 15) is 0 Å². The minimum absolute atomic E-state index is 0.195. The molecule has 0 aliphatic carbocycles. The molecule has 0 bridgehead atoms. The van der Waals surface area contributed by atoms with E-state index < -0.39 is 0 Å². The summed E-state index contributed by atoms with van der Waals surface area (Å²) in [7, 11) is 0. The van der Waals surface area contributed by atoms with Gasteiger partial charge in [-0.05, 0) is 23.6 Å². The molecule has 1 heterocycles. The zero-order valence-corrected chi connectivity index (χ0v) is 11.1. The Bertz CT molecular complexity index is 537. The molecule has 0 radical (unpaired) electrons. The van der Waals surface area contributed by atoms with Crippen LogP contribution in [0.5, 0.6) is 0 Å². The third-order valence-corrected chi connectivity index (χ3v) is 2.88. The molecule has 0 fully saturated rings. The standard InChI is InChI=1S/C13H15ClN4/c1-8(2)9-3-5-10(6-4-9)17-12-11(14)7-16-13(15)18-12/h3-8H,1-2H3,(H3,15,16,17,18). The number of nitrogens with zero attached hydrogens (tertiary/aromatic N) is 2. The summed E-state index contributed by atoms with van der Waals surface area (Å²) in [6.07, 6.45) is 1.48. The van der Waals surface area contributed by atoms with E-state index >= 15 is 0 Å². The number of anilines is 3. The van der Waals surface area contributed by atoms with E-state index in [1.165, 1.54) is 11.8 Å². The van der Waals surface area contributed by atoms with Gasteiger partial charge in [0.15, 0.2) is 5.82 Å². The Hall–Kier alpha value is -1.81. The monoisotopic (exact) mass is 262 g/mol. The molecule has 3 N–H and O–H groups in total. The molecule has 0 saturated carbocycles. The lowest BCUT2D eigenvalue weighted by Gasteiger charge is -2.09. The van der Waals surface area contributed by atoms with E-state index in [2.05, 4.69) is 41.3 Å². The molecule has 0 spiro atoms. The van der Waals surface area contributed by atoms with Crippen LogP contribution in [0.1, 0.15) is 25.3 Å². The van der Waals surface area contributed by atoms with Crippen LogP contribution in [0.25, 0.3) is 0 Å². The second kappa shape index (κ2) is 5.23. The molecule has 0 amide bonds. The van der Waals surface area contributed by atoms with Gasteiger partial charge < -0.3 is 11.1 Å². The van der Waals surface area contributed by atoms with Crippen molar-refractivity contribution >= 4 is 29.1 Å². The van der Waals surface area contributed by atoms with E-state index in [0.717, 1.165) is 5.69 Å². The van der Waals surface area contributed by atoms with Crippen molar-refractivity contribution in [1.82, 2.24) is 9.97 Å². The van der Waals surface area contributed by atoms with Gasteiger partial charge >= 0.3 is 0 Å². The Balaban J connectivity index is 2.21. The molecule has 1 aromatic carbocycles. The van der Waals surface area contributed by atoms with Crippen molar-refractivity contribution < 1.29 is 0 Å². The highest BCUT2D eigenvalue weighted by Gasteiger charge is 2.04. The number of nitrogen functional groups attached to an aromatic ring is 1. The maximum atomic E-state index is 5.98. The smallest absolute Gasteiger partial charge is 0.222 e. The van der Waals surface area contributed by atoms with Gasteiger partial charge in [0.2, 0.25) is 5.95 Å². The van der Waals surface area contributed by atoms with Crippen molar-refractivity contribution in [2.24, 2.45) is 0 Å². The lowest BCUT2D eigenvalue weighted by atomic mass is 10.0. The molecule has 0 saturated heterocycles. The number of benzene rings is 1. The first kappa shape index (κ1) is 12.6. The van der Waals surface area contributed by atoms with Crippen LogP contribution >= 0.6 is 11.6 Å². The highest BCUT2D eigenvalue weighted by atomic mass is 35.5. The van der Waals surface area contributed by atoms with Gasteiger partial charge in [-0.2, -0.15) is 4.98 Å². The van der Waals surface area contributed by atoms with Gasteiger partial charge in [-0.1, -0.05) is 37.6 Å². The lowest BCUT2D eigenvalue weighted by molar-refractivity contribution is 0.867. The van der Waals surface area contributed by atoms with Crippen LogP contribution in [0.15, 0.2) is 30.5 Å². The third kappa shape index (κ3) is 2.90. The van der Waals surface area contributed by atoms with E-state index in [0.29, 0.717) is 16.8 Å². The van der Waals surface area contributed by atoms with Crippen molar-refractivity contribution in [2.45, 2.75) is 19.8 Å². The van der Waals surface area contributed by atoms with Crippen LogP contribution in [-0.4, -0.2) is 9.97 Å². The van der Waals surface area contributed by atoms with Crippen molar-refractivity contribution in [3.8, 4) is 0 Å². The number of rotatable bonds is 3. The molecule has 94 valence electrons. The fourth-order valence-electron chi connectivity index (χ4n) is 1.56. The van der Waals surface area contributed by atoms with Gasteiger partial charge in [0.25, 0.3) is 0 Å². The number of halogens is 1. The van der Waals surface area contributed by atoms with Gasteiger partial charge in [-0.3, -0.25) is 0 Å². The highest BCUT2D eigenvalue weighted by molar-refractivity contribution is 6.32. The largest absolute Gasteiger partial charge is 0.368 e. The molecule has 0 aliphatic rings. The van der Waals surface area contributed by atoms with Gasteiger partial charge in [0.1, 0.15) is 5.02 Å². The molecule has 0 aliphatic heterocycles. The molecule has 0 unspecified atom stereocenters. The van der Waals surface area contributed by atoms with Gasteiger partial charge in [-0.25, -0.2) is 4.98 Å². The summed E-state index contributed by atoms with van der Waals surface area (Å²) in [5.74, 6) is 1.22. The molecule has 2 aromatic rings. The first-order valence-corrected chi connectivity index (χ1v) is 6.09. The van der Waals surface area contributed by atoms with Gasteiger partial charge in [0.05, 0.1) is 6.20 Å². The molecular formula is C13H15ClN4. The van der Waals surface area contributed by atoms with Crippen molar-refractivity contribution in [3.63, 3.8) is 0 Å². The van der Waals surface area contributed by atoms with E-state index in [1.54, 1.807) is 0 Å². The summed E-state index contributed by atoms with van der Waals surface area (Å²) in [5, 5.41) is 3.56. The SMILES string of the molecule is CC(C)c1ccc(Nc2nc(N)ncc2Cl)cc1. The number of hydrogen-bond acceptors (Lipinski definition) is 4. The maximum absolute atomic E-state index is 5.98. The normalized spacial score (nSPS) is 10.7. The van der Waals surface area contributed by atoms with Gasteiger partial charge in [0, 0.05) is 5.69 Å². The summed E-state index contributed by atoms with van der Waals surface area (Å²) in [6.45, 7) is 4.31. The number of hydrogen-bond donors (Lipinski definition) is 2. The van der Waals surface area contributed by atoms with Crippen molar-refractivity contribution in [2.75, 3.05) is 11.1 Å². The Kier molecular flexibility index (Phi) is 3.67. The first-order chi connectivity index (χ1) is 8.56. The Morgan fingerprint density at radius 2 is 1.89 bits per heavy atom. The molecule has 2 rings (SSSR count). The Morgan fingerprint density at radius 3 is 2.50 bits per heavy atom. The molecular weight excluding hydrogens is 248 g/mol. The van der Waals surface area contributed by atoms with Crippen LogP contribution in [0, 0.1) is 0 Å². The summed E-state index contributed by atoms with van der Waals surface area (Å²) < 4.78 is 0. The summed E-state index contributed by atoms with van der Waals surface area (Å²) in [5.41, 5.74) is 7.73. The number of nitrogens with two attached hydrogens (primary N) is 1. The lowest BCUT2D eigenvalue weighted by Crippen LogP contribution is -2.00. The quantitative estimate of drug-likeness (QED) is 0.887. The predicted molar refractivity (Wildman–Crippen MR) is 75.3 cm³/mol. The molecule has 4 nitrogen and oxygen atoms in total. The first-order valence-electron chi connectivity index (χ1n) is 5.71. The summed E-state index contributed by atoms with van der Waals surface area (Å²) in [4.78, 5) is 7.86. The maximum Gasteiger partial charge on any atom is 0.222 e. The van der Waals surface area contributed by atoms with Crippen LogP contribution in [0.3, 0.4) is 0 Å². The minimum atomic E-state index is 0.195. The van der Waals surface area contributed by atoms with Crippen LogP contribution in [0.4, 0.5) is 17.5 Å². The van der Waals surface area contributed by atoms with E-state index in [4.69, 9.17) is 17.3 Å². The number of aromatic nitrogens is 2. The number of nitrogens with one attached hydrogen (secondary N) is 1. The zero-order valence-electron chi connectivity index (χ0n) is 10.3. The summed E-state index contributed by atoms with van der Waals surface area (Å²) in [6, 6.07) is 8.13. The second-order valence-corrected chi connectivity index (χ2v) is 4.73. The molecule has 1 aromatic heterocycles. The zero-order chi connectivity index (χ0) is 13.1. The minimum Gasteiger partial charge on any atom is -0.368 e. The second-order valence-electron chi connectivity index (χ2n) is 4.33. The Labute approximate surface area is 111 Å². The van der Waals surface area contributed by atoms with Crippen LogP contribution < -0.4 is 11.1 Å². The van der Waals surface area contributed by atoms with E-state index in [1.807, 2.05) is 12.1 Å². The molecule has 5 heteroatoms. The van der Waals surface area contributed by atoms with Crippen molar-refractivity contribution in [3.05, 3.63) is 41.0 Å². The van der Waals surface area contributed by atoms with Crippen LogP contribution in [0.2, 0.25) is 5.02 Å². The third-order valence-electron chi connectivity index (χ3n) is 2.60. The fraction of sp³-hybridized carbons (Fsp3) is 0.231. The molecule has 0 atom stereocenters. The average molecular weight is 263 g/mol. The fourth-order valence-corrected chi connectivity index (χ4v) is 1.69.